The maximum absolute atomic E-state index is 13.1. The highest BCUT2D eigenvalue weighted by atomic mass is 16.6. The highest BCUT2D eigenvalue weighted by Gasteiger charge is 2.59. The molecule has 1 spiro atoms. The van der Waals surface area contributed by atoms with E-state index in [0.717, 1.165) is 56.8 Å². The van der Waals surface area contributed by atoms with Gasteiger partial charge in [0.1, 0.15) is 0 Å². The van der Waals surface area contributed by atoms with E-state index >= 15 is 0 Å². The molecule has 3 aliphatic heterocycles. The first-order valence-electron chi connectivity index (χ1n) is 12.9. The van der Waals surface area contributed by atoms with Crippen LogP contribution in [-0.2, 0) is 14.3 Å². The Labute approximate surface area is 206 Å². The van der Waals surface area contributed by atoms with Crippen LogP contribution in [0.15, 0.2) is 24.3 Å². The van der Waals surface area contributed by atoms with E-state index in [9.17, 15) is 14.4 Å². The van der Waals surface area contributed by atoms with Crippen molar-refractivity contribution in [1.82, 2.24) is 14.7 Å². The molecule has 1 aromatic rings. The SMILES string of the molecule is CCOC(=O)N1CCN(C(=O)C2CC23CCN(C(=O)c2ccc(N4CCOCC4)cc2)CC3)CC1. The summed E-state index contributed by atoms with van der Waals surface area (Å²) in [6.07, 6.45) is 2.38. The fourth-order valence-electron chi connectivity index (χ4n) is 5.77. The van der Waals surface area contributed by atoms with Crippen LogP contribution in [0.25, 0.3) is 0 Å². The molecule has 1 unspecified atom stereocenters. The molecular formula is C26H36N4O5. The number of piperidine rings is 1. The second-order valence-electron chi connectivity index (χ2n) is 10.1. The molecule has 3 heterocycles. The van der Waals surface area contributed by atoms with Crippen LogP contribution in [0.1, 0.15) is 36.5 Å². The van der Waals surface area contributed by atoms with Crippen LogP contribution in [0.5, 0.6) is 0 Å². The summed E-state index contributed by atoms with van der Waals surface area (Å²) in [6, 6.07) is 7.91. The van der Waals surface area contributed by atoms with Gasteiger partial charge >= 0.3 is 6.09 Å². The second kappa shape index (κ2) is 10.0. The molecule has 3 amide bonds. The number of piperazine rings is 1. The Hall–Kier alpha value is -2.81. The third kappa shape index (κ3) is 4.96. The normalized spacial score (nSPS) is 23.9. The number of carbonyl (C=O) groups is 3. The van der Waals surface area contributed by atoms with E-state index in [1.807, 2.05) is 34.1 Å². The van der Waals surface area contributed by atoms with Gasteiger partial charge in [-0.2, -0.15) is 0 Å². The zero-order valence-corrected chi connectivity index (χ0v) is 20.6. The van der Waals surface area contributed by atoms with Crippen molar-refractivity contribution in [3.63, 3.8) is 0 Å². The average molecular weight is 485 g/mol. The van der Waals surface area contributed by atoms with Gasteiger partial charge in [0.05, 0.1) is 19.8 Å². The summed E-state index contributed by atoms with van der Waals surface area (Å²) in [7, 11) is 0. The monoisotopic (exact) mass is 484 g/mol. The second-order valence-corrected chi connectivity index (χ2v) is 10.1. The summed E-state index contributed by atoms with van der Waals surface area (Å²) in [5.74, 6) is 0.348. The number of ether oxygens (including phenoxy) is 2. The number of likely N-dealkylation sites (tertiary alicyclic amines) is 1. The lowest BCUT2D eigenvalue weighted by Crippen LogP contribution is -2.51. The molecule has 0 bridgehead atoms. The highest BCUT2D eigenvalue weighted by molar-refractivity contribution is 5.94. The van der Waals surface area contributed by atoms with E-state index in [-0.39, 0.29) is 29.2 Å². The molecule has 1 aliphatic carbocycles. The third-order valence-electron chi connectivity index (χ3n) is 8.14. The van der Waals surface area contributed by atoms with Crippen molar-refractivity contribution in [3.05, 3.63) is 29.8 Å². The maximum atomic E-state index is 13.1. The quantitative estimate of drug-likeness (QED) is 0.651. The highest BCUT2D eigenvalue weighted by Crippen LogP contribution is 2.60. The minimum Gasteiger partial charge on any atom is -0.450 e. The Morgan fingerprint density at radius 1 is 0.886 bits per heavy atom. The molecule has 1 aromatic carbocycles. The molecule has 9 nitrogen and oxygen atoms in total. The van der Waals surface area contributed by atoms with Crippen molar-refractivity contribution in [2.24, 2.45) is 11.3 Å². The fraction of sp³-hybridized carbons (Fsp3) is 0.654. The fourth-order valence-corrected chi connectivity index (χ4v) is 5.77. The van der Waals surface area contributed by atoms with Crippen molar-refractivity contribution in [2.45, 2.75) is 26.2 Å². The average Bonchev–Trinajstić information content (AvgIpc) is 3.62. The number of carbonyl (C=O) groups excluding carboxylic acids is 3. The minimum absolute atomic E-state index is 0.0479. The van der Waals surface area contributed by atoms with Gasteiger partial charge < -0.3 is 29.1 Å². The van der Waals surface area contributed by atoms with Gasteiger partial charge in [-0.25, -0.2) is 4.79 Å². The smallest absolute Gasteiger partial charge is 0.409 e. The lowest BCUT2D eigenvalue weighted by atomic mass is 9.90. The van der Waals surface area contributed by atoms with Crippen LogP contribution >= 0.6 is 0 Å². The van der Waals surface area contributed by atoms with E-state index in [0.29, 0.717) is 45.9 Å². The number of anilines is 1. The number of hydrogen-bond acceptors (Lipinski definition) is 6. The maximum Gasteiger partial charge on any atom is 0.409 e. The molecule has 4 aliphatic rings. The first-order chi connectivity index (χ1) is 17.0. The molecule has 1 atom stereocenters. The van der Waals surface area contributed by atoms with E-state index < -0.39 is 0 Å². The predicted octanol–water partition coefficient (Wildman–Crippen LogP) is 2.07. The Morgan fingerprint density at radius 3 is 2.14 bits per heavy atom. The minimum atomic E-state index is -0.296. The summed E-state index contributed by atoms with van der Waals surface area (Å²) in [6.45, 7) is 8.97. The number of benzene rings is 1. The number of morpholine rings is 1. The van der Waals surface area contributed by atoms with Crippen LogP contribution in [0.4, 0.5) is 10.5 Å². The van der Waals surface area contributed by atoms with E-state index in [4.69, 9.17) is 9.47 Å². The van der Waals surface area contributed by atoms with Gasteiger partial charge in [0.2, 0.25) is 5.91 Å². The molecule has 0 radical (unpaired) electrons. The molecule has 35 heavy (non-hydrogen) atoms. The van der Waals surface area contributed by atoms with Crippen LogP contribution in [0.2, 0.25) is 0 Å². The van der Waals surface area contributed by atoms with Gasteiger partial charge in [0, 0.05) is 69.5 Å². The summed E-state index contributed by atoms with van der Waals surface area (Å²) < 4.78 is 10.5. The molecule has 9 heteroatoms. The summed E-state index contributed by atoms with van der Waals surface area (Å²) >= 11 is 0. The largest absolute Gasteiger partial charge is 0.450 e. The van der Waals surface area contributed by atoms with Gasteiger partial charge in [-0.1, -0.05) is 0 Å². The van der Waals surface area contributed by atoms with Crippen LogP contribution in [0.3, 0.4) is 0 Å². The van der Waals surface area contributed by atoms with E-state index in [1.54, 1.807) is 11.8 Å². The molecule has 4 fully saturated rings. The first-order valence-corrected chi connectivity index (χ1v) is 12.9. The van der Waals surface area contributed by atoms with Gasteiger partial charge in [-0.3, -0.25) is 9.59 Å². The summed E-state index contributed by atoms with van der Waals surface area (Å²) in [5, 5.41) is 0. The molecule has 0 aromatic heterocycles. The molecule has 1 saturated carbocycles. The third-order valence-corrected chi connectivity index (χ3v) is 8.14. The predicted molar refractivity (Wildman–Crippen MR) is 130 cm³/mol. The van der Waals surface area contributed by atoms with Crippen LogP contribution in [-0.4, -0.2) is 105 Å². The van der Waals surface area contributed by atoms with Crippen molar-refractivity contribution in [2.75, 3.05) is 77.1 Å². The summed E-state index contributed by atoms with van der Waals surface area (Å²) in [4.78, 5) is 45.9. The van der Waals surface area contributed by atoms with Crippen molar-refractivity contribution in [3.8, 4) is 0 Å². The topological polar surface area (TPSA) is 82.6 Å². The lowest BCUT2D eigenvalue weighted by Gasteiger charge is -2.36. The lowest BCUT2D eigenvalue weighted by molar-refractivity contribution is -0.135. The Kier molecular flexibility index (Phi) is 6.86. The Morgan fingerprint density at radius 2 is 1.51 bits per heavy atom. The van der Waals surface area contributed by atoms with E-state index in [2.05, 4.69) is 4.90 Å². The van der Waals surface area contributed by atoms with Crippen LogP contribution in [0, 0.1) is 11.3 Å². The standard InChI is InChI=1S/C26H36N4O5/c1-2-35-25(33)30-13-11-29(12-14-30)24(32)22-19-26(22)7-9-28(10-8-26)23(31)20-3-5-21(6-4-20)27-15-17-34-18-16-27/h3-6,22H,2,7-19H2,1H3. The molecular weight excluding hydrogens is 448 g/mol. The van der Waals surface area contributed by atoms with Crippen molar-refractivity contribution >= 4 is 23.6 Å². The number of rotatable bonds is 4. The molecule has 3 saturated heterocycles. The molecule has 0 N–H and O–H groups in total. The van der Waals surface area contributed by atoms with Gasteiger partial charge in [0.25, 0.3) is 5.91 Å². The number of amides is 3. The van der Waals surface area contributed by atoms with Gasteiger partial charge in [-0.05, 0) is 55.9 Å². The number of nitrogens with zero attached hydrogens (tertiary/aromatic N) is 4. The van der Waals surface area contributed by atoms with Crippen molar-refractivity contribution < 1.29 is 23.9 Å². The van der Waals surface area contributed by atoms with Gasteiger partial charge in [-0.15, -0.1) is 0 Å². The molecule has 190 valence electrons. The number of hydrogen-bond donors (Lipinski definition) is 0. The Bertz CT molecular complexity index is 930. The molecule has 5 rings (SSSR count). The van der Waals surface area contributed by atoms with E-state index in [1.165, 1.54) is 0 Å². The van der Waals surface area contributed by atoms with Crippen molar-refractivity contribution in [1.29, 1.82) is 0 Å². The first kappa shape index (κ1) is 23.9. The zero-order valence-electron chi connectivity index (χ0n) is 20.6. The summed E-state index contributed by atoms with van der Waals surface area (Å²) in [5.41, 5.74) is 1.90. The zero-order chi connectivity index (χ0) is 24.4. The van der Waals surface area contributed by atoms with Gasteiger partial charge in [0.15, 0.2) is 0 Å². The Balaban J connectivity index is 1.10. The van der Waals surface area contributed by atoms with Crippen LogP contribution < -0.4 is 4.90 Å².